The summed E-state index contributed by atoms with van der Waals surface area (Å²) in [4.78, 5) is 27.0. The number of carboxylic acids is 1. The Morgan fingerprint density at radius 1 is 1.12 bits per heavy atom. The molecule has 2 aromatic rings. The average molecular weight is 325 g/mol. The number of rotatable bonds is 3. The fraction of sp³-hybridized carbons (Fsp3) is 0.368. The van der Waals surface area contributed by atoms with Crippen LogP contribution in [0.3, 0.4) is 0 Å². The van der Waals surface area contributed by atoms with E-state index in [1.54, 1.807) is 41.3 Å². The van der Waals surface area contributed by atoms with E-state index < -0.39 is 17.9 Å². The average Bonchev–Trinajstić information content (AvgIpc) is 3.28. The molecule has 1 aromatic heterocycles. The van der Waals surface area contributed by atoms with Gasteiger partial charge in [-0.1, -0.05) is 31.0 Å². The van der Waals surface area contributed by atoms with Gasteiger partial charge in [0.25, 0.3) is 5.91 Å². The van der Waals surface area contributed by atoms with Crippen LogP contribution in [0, 0.1) is 0 Å². The van der Waals surface area contributed by atoms with Gasteiger partial charge in [-0.2, -0.15) is 0 Å². The van der Waals surface area contributed by atoms with E-state index in [0.29, 0.717) is 16.9 Å². The molecule has 2 atom stereocenters. The zero-order chi connectivity index (χ0) is 16.7. The lowest BCUT2D eigenvalue weighted by molar-refractivity contribution is -0.141. The topological polar surface area (TPSA) is 70.8 Å². The molecule has 1 aliphatic carbocycles. The molecule has 2 heterocycles. The first-order valence-corrected chi connectivity index (χ1v) is 8.36. The van der Waals surface area contributed by atoms with Crippen LogP contribution in [0.25, 0.3) is 0 Å². The van der Waals surface area contributed by atoms with Gasteiger partial charge in [0.15, 0.2) is 0 Å². The van der Waals surface area contributed by atoms with Crippen LogP contribution in [-0.2, 0) is 4.79 Å². The van der Waals surface area contributed by atoms with Crippen LogP contribution in [0.5, 0.6) is 0 Å². The van der Waals surface area contributed by atoms with Gasteiger partial charge in [0.1, 0.15) is 17.7 Å². The predicted molar refractivity (Wildman–Crippen MR) is 86.7 cm³/mol. The Balaban J connectivity index is 1.91. The minimum Gasteiger partial charge on any atom is -0.481 e. The number of carbonyl (C=O) groups is 2. The highest BCUT2D eigenvalue weighted by molar-refractivity contribution is 6.00. The number of carboxylic acid groups (broad SMARTS) is 1. The third-order valence-electron chi connectivity index (χ3n) is 5.20. The largest absolute Gasteiger partial charge is 0.481 e. The maximum atomic E-state index is 13.2. The van der Waals surface area contributed by atoms with Crippen LogP contribution in [0.4, 0.5) is 0 Å². The fourth-order valence-corrected chi connectivity index (χ4v) is 4.16. The second-order valence-corrected chi connectivity index (χ2v) is 6.51. The number of hydrogen-bond donors (Lipinski definition) is 1. The predicted octanol–water partition coefficient (Wildman–Crippen LogP) is 3.59. The summed E-state index contributed by atoms with van der Waals surface area (Å²) in [6, 6.07) is 10.0. The minimum absolute atomic E-state index is 0.0720. The van der Waals surface area contributed by atoms with Crippen molar-refractivity contribution in [3.63, 3.8) is 0 Å². The number of benzene rings is 1. The smallest absolute Gasteiger partial charge is 0.313 e. The maximum absolute atomic E-state index is 13.2. The van der Waals surface area contributed by atoms with Gasteiger partial charge in [-0.3, -0.25) is 9.59 Å². The molecule has 124 valence electrons. The molecule has 0 spiro atoms. The lowest BCUT2D eigenvalue weighted by Crippen LogP contribution is -2.49. The van der Waals surface area contributed by atoms with Gasteiger partial charge in [0, 0.05) is 11.6 Å². The molecule has 2 unspecified atom stereocenters. The quantitative estimate of drug-likeness (QED) is 0.936. The van der Waals surface area contributed by atoms with E-state index in [1.165, 1.54) is 6.26 Å². The molecule has 24 heavy (non-hydrogen) atoms. The molecule has 0 radical (unpaired) electrons. The van der Waals surface area contributed by atoms with Gasteiger partial charge in [-0.25, -0.2) is 0 Å². The van der Waals surface area contributed by atoms with Gasteiger partial charge in [-0.15, -0.1) is 0 Å². The van der Waals surface area contributed by atoms with E-state index in [0.717, 1.165) is 25.7 Å². The molecule has 1 amide bonds. The third-order valence-corrected chi connectivity index (χ3v) is 5.20. The Hall–Kier alpha value is -2.56. The Morgan fingerprint density at radius 2 is 1.88 bits per heavy atom. The Bertz CT molecular complexity index is 761. The lowest BCUT2D eigenvalue weighted by atomic mass is 9.80. The molecule has 5 heteroatoms. The molecule has 0 saturated heterocycles. The van der Waals surface area contributed by atoms with Crippen LogP contribution in [0.15, 0.2) is 47.1 Å². The van der Waals surface area contributed by atoms with E-state index in [4.69, 9.17) is 4.42 Å². The Kier molecular flexibility index (Phi) is 3.63. The van der Waals surface area contributed by atoms with Crippen molar-refractivity contribution in [2.24, 2.45) is 0 Å². The summed E-state index contributed by atoms with van der Waals surface area (Å²) in [7, 11) is 0. The zero-order valence-corrected chi connectivity index (χ0v) is 13.2. The SMILES string of the molecule is O=C(O)C1c2ccccc2C(=O)N(C2CCCC2)C1c1ccco1. The molecular formula is C19H19NO4. The summed E-state index contributed by atoms with van der Waals surface area (Å²) in [6.45, 7) is 0. The number of aliphatic carboxylic acids is 1. The Labute approximate surface area is 139 Å². The molecule has 0 bridgehead atoms. The van der Waals surface area contributed by atoms with Crippen molar-refractivity contribution in [3.05, 3.63) is 59.5 Å². The Morgan fingerprint density at radius 3 is 2.54 bits per heavy atom. The summed E-state index contributed by atoms with van der Waals surface area (Å²) < 4.78 is 5.55. The van der Waals surface area contributed by atoms with Gasteiger partial charge in [0.05, 0.1) is 6.26 Å². The lowest BCUT2D eigenvalue weighted by Gasteiger charge is -2.42. The molecule has 2 aliphatic rings. The van der Waals surface area contributed by atoms with Crippen LogP contribution in [0.2, 0.25) is 0 Å². The van der Waals surface area contributed by atoms with Crippen molar-refractivity contribution >= 4 is 11.9 Å². The van der Waals surface area contributed by atoms with E-state index in [1.807, 2.05) is 0 Å². The fourth-order valence-electron chi connectivity index (χ4n) is 4.16. The van der Waals surface area contributed by atoms with Crippen molar-refractivity contribution in [1.82, 2.24) is 4.90 Å². The van der Waals surface area contributed by atoms with Crippen molar-refractivity contribution in [2.45, 2.75) is 43.7 Å². The van der Waals surface area contributed by atoms with Crippen molar-refractivity contribution in [1.29, 1.82) is 0 Å². The zero-order valence-electron chi connectivity index (χ0n) is 13.2. The van der Waals surface area contributed by atoms with Gasteiger partial charge in [0.2, 0.25) is 0 Å². The maximum Gasteiger partial charge on any atom is 0.313 e. The summed E-state index contributed by atoms with van der Waals surface area (Å²) in [5.41, 5.74) is 1.07. The van der Waals surface area contributed by atoms with Crippen molar-refractivity contribution < 1.29 is 19.1 Å². The molecule has 1 fully saturated rings. The summed E-state index contributed by atoms with van der Waals surface area (Å²) >= 11 is 0. The first kappa shape index (κ1) is 15.0. The minimum atomic E-state index is -0.931. The van der Waals surface area contributed by atoms with Gasteiger partial charge < -0.3 is 14.4 Å². The molecular weight excluding hydrogens is 306 g/mol. The second kappa shape index (κ2) is 5.82. The first-order valence-electron chi connectivity index (χ1n) is 8.36. The number of amides is 1. The molecule has 1 aromatic carbocycles. The highest BCUT2D eigenvalue weighted by Gasteiger charge is 2.48. The number of furan rings is 1. The van der Waals surface area contributed by atoms with E-state index in [2.05, 4.69) is 0 Å². The van der Waals surface area contributed by atoms with E-state index in [9.17, 15) is 14.7 Å². The third kappa shape index (κ3) is 2.23. The van der Waals surface area contributed by atoms with Crippen molar-refractivity contribution in [2.75, 3.05) is 0 Å². The normalized spacial score (nSPS) is 24.2. The highest BCUT2D eigenvalue weighted by atomic mass is 16.4. The monoisotopic (exact) mass is 325 g/mol. The number of fused-ring (bicyclic) bond motifs is 1. The number of carbonyl (C=O) groups excluding carboxylic acids is 1. The molecule has 1 aliphatic heterocycles. The molecule has 4 rings (SSSR count). The summed E-state index contributed by atoms with van der Waals surface area (Å²) in [6.07, 6.45) is 5.50. The standard InChI is InChI=1S/C19H19NO4/c21-18-14-9-4-3-8-13(14)16(19(22)23)17(15-10-5-11-24-15)20(18)12-6-1-2-7-12/h3-5,8-12,16-17H,1-2,6-7H2,(H,22,23). The van der Waals surface area contributed by atoms with E-state index in [-0.39, 0.29) is 11.9 Å². The number of nitrogens with zero attached hydrogens (tertiary/aromatic N) is 1. The van der Waals surface area contributed by atoms with Crippen LogP contribution < -0.4 is 0 Å². The van der Waals surface area contributed by atoms with E-state index >= 15 is 0 Å². The highest BCUT2D eigenvalue weighted by Crippen LogP contribution is 2.46. The second-order valence-electron chi connectivity index (χ2n) is 6.51. The van der Waals surface area contributed by atoms with Gasteiger partial charge in [-0.05, 0) is 36.6 Å². The summed E-state index contributed by atoms with van der Waals surface area (Å²) in [5, 5.41) is 9.92. The number of hydrogen-bond acceptors (Lipinski definition) is 3. The molecule has 1 saturated carbocycles. The first-order chi connectivity index (χ1) is 11.7. The van der Waals surface area contributed by atoms with Crippen LogP contribution in [-0.4, -0.2) is 27.9 Å². The van der Waals surface area contributed by atoms with Crippen LogP contribution in [0.1, 0.15) is 59.3 Å². The van der Waals surface area contributed by atoms with Crippen LogP contribution >= 0.6 is 0 Å². The summed E-state index contributed by atoms with van der Waals surface area (Å²) in [5.74, 6) is -1.29. The molecule has 5 nitrogen and oxygen atoms in total. The molecule has 1 N–H and O–H groups in total. The van der Waals surface area contributed by atoms with Crippen molar-refractivity contribution in [3.8, 4) is 0 Å². The van der Waals surface area contributed by atoms with Gasteiger partial charge >= 0.3 is 5.97 Å².